The number of nitrogens with zero attached hydrogens (tertiary/aromatic N) is 1. The maximum absolute atomic E-state index is 3.53. The van der Waals surface area contributed by atoms with Gasteiger partial charge >= 0.3 is 0 Å². The predicted octanol–water partition coefficient (Wildman–Crippen LogP) is 2.49. The van der Waals surface area contributed by atoms with Crippen LogP contribution in [0.15, 0.2) is 18.2 Å². The van der Waals surface area contributed by atoms with Crippen molar-refractivity contribution in [3.63, 3.8) is 0 Å². The smallest absolute Gasteiger partial charge is 0.0378 e. The summed E-state index contributed by atoms with van der Waals surface area (Å²) < 4.78 is 0. The largest absolute Gasteiger partial charge is 0.383 e. The van der Waals surface area contributed by atoms with Gasteiger partial charge in [0.25, 0.3) is 0 Å². The van der Waals surface area contributed by atoms with Crippen molar-refractivity contribution in [2.24, 2.45) is 0 Å². The standard InChI is InChI=1S/C13H20N2/c1-10(2)14-13-6-4-5-11-9-15(3)8-7-12(11)13/h4-6,10,14H,7-9H2,1-3H3. The molecule has 0 amide bonds. The third-order valence-electron chi connectivity index (χ3n) is 2.90. The zero-order chi connectivity index (χ0) is 10.8. The molecule has 1 aromatic rings. The number of likely N-dealkylation sites (N-methyl/N-ethyl adjacent to an activating group) is 1. The van der Waals surface area contributed by atoms with E-state index in [0.29, 0.717) is 6.04 Å². The molecule has 82 valence electrons. The summed E-state index contributed by atoms with van der Waals surface area (Å²) in [5.74, 6) is 0. The molecular formula is C13H20N2. The Kier molecular flexibility index (Phi) is 2.96. The van der Waals surface area contributed by atoms with E-state index in [1.165, 1.54) is 29.8 Å². The fourth-order valence-corrected chi connectivity index (χ4v) is 2.20. The van der Waals surface area contributed by atoms with Gasteiger partial charge in [0.2, 0.25) is 0 Å². The lowest BCUT2D eigenvalue weighted by molar-refractivity contribution is 0.313. The molecule has 0 saturated heterocycles. The molecule has 0 aromatic heterocycles. The lowest BCUT2D eigenvalue weighted by Crippen LogP contribution is -2.27. The molecule has 0 unspecified atom stereocenters. The SMILES string of the molecule is CC(C)Nc1cccc2c1CCN(C)C2. The normalized spacial score (nSPS) is 16.5. The van der Waals surface area contributed by atoms with Crippen molar-refractivity contribution in [2.45, 2.75) is 32.9 Å². The Balaban J connectivity index is 2.29. The van der Waals surface area contributed by atoms with Gasteiger partial charge in [-0.3, -0.25) is 0 Å². The van der Waals surface area contributed by atoms with E-state index in [0.717, 1.165) is 6.54 Å². The average molecular weight is 204 g/mol. The van der Waals surface area contributed by atoms with E-state index in [1.807, 2.05) is 0 Å². The van der Waals surface area contributed by atoms with Crippen LogP contribution in [0.2, 0.25) is 0 Å². The Morgan fingerprint density at radius 2 is 2.13 bits per heavy atom. The van der Waals surface area contributed by atoms with E-state index in [1.54, 1.807) is 0 Å². The zero-order valence-corrected chi connectivity index (χ0v) is 9.88. The Morgan fingerprint density at radius 1 is 1.33 bits per heavy atom. The van der Waals surface area contributed by atoms with E-state index in [9.17, 15) is 0 Å². The van der Waals surface area contributed by atoms with Crippen LogP contribution < -0.4 is 5.32 Å². The quantitative estimate of drug-likeness (QED) is 0.796. The van der Waals surface area contributed by atoms with Crippen LogP contribution in [0, 0.1) is 0 Å². The molecule has 1 aromatic carbocycles. The Hall–Kier alpha value is -1.02. The molecule has 1 N–H and O–H groups in total. The van der Waals surface area contributed by atoms with E-state index < -0.39 is 0 Å². The number of benzene rings is 1. The fraction of sp³-hybridized carbons (Fsp3) is 0.538. The Bertz CT molecular complexity index is 344. The molecule has 2 nitrogen and oxygen atoms in total. The molecule has 0 saturated carbocycles. The van der Waals surface area contributed by atoms with Crippen molar-refractivity contribution in [3.05, 3.63) is 29.3 Å². The van der Waals surface area contributed by atoms with Gasteiger partial charge in [-0.05, 0) is 44.5 Å². The highest BCUT2D eigenvalue weighted by atomic mass is 15.1. The highest BCUT2D eigenvalue weighted by Crippen LogP contribution is 2.25. The first-order valence-electron chi connectivity index (χ1n) is 5.72. The first-order chi connectivity index (χ1) is 7.16. The highest BCUT2D eigenvalue weighted by molar-refractivity contribution is 5.56. The van der Waals surface area contributed by atoms with Gasteiger partial charge in [-0.1, -0.05) is 12.1 Å². The van der Waals surface area contributed by atoms with Crippen molar-refractivity contribution < 1.29 is 0 Å². The Morgan fingerprint density at radius 3 is 2.87 bits per heavy atom. The summed E-state index contributed by atoms with van der Waals surface area (Å²) in [5.41, 5.74) is 4.33. The minimum absolute atomic E-state index is 0.510. The van der Waals surface area contributed by atoms with Gasteiger partial charge in [0.15, 0.2) is 0 Å². The lowest BCUT2D eigenvalue weighted by atomic mass is 9.98. The van der Waals surface area contributed by atoms with Crippen molar-refractivity contribution in [1.29, 1.82) is 0 Å². The average Bonchev–Trinajstić information content (AvgIpc) is 2.16. The van der Waals surface area contributed by atoms with Crippen molar-refractivity contribution in [1.82, 2.24) is 4.90 Å². The molecule has 0 bridgehead atoms. The van der Waals surface area contributed by atoms with Crippen LogP contribution in [0.3, 0.4) is 0 Å². The monoisotopic (exact) mass is 204 g/mol. The van der Waals surface area contributed by atoms with Gasteiger partial charge in [0, 0.05) is 24.8 Å². The zero-order valence-electron chi connectivity index (χ0n) is 9.88. The summed E-state index contributed by atoms with van der Waals surface area (Å²) in [5, 5.41) is 3.53. The third-order valence-corrected chi connectivity index (χ3v) is 2.90. The first kappa shape index (κ1) is 10.5. The van der Waals surface area contributed by atoms with Crippen LogP contribution in [0.25, 0.3) is 0 Å². The van der Waals surface area contributed by atoms with Gasteiger partial charge in [0.1, 0.15) is 0 Å². The summed E-state index contributed by atoms with van der Waals surface area (Å²) in [7, 11) is 2.19. The maximum atomic E-state index is 3.53. The number of hydrogen-bond acceptors (Lipinski definition) is 2. The summed E-state index contributed by atoms with van der Waals surface area (Å²) in [4.78, 5) is 2.38. The second-order valence-corrected chi connectivity index (χ2v) is 4.73. The van der Waals surface area contributed by atoms with E-state index in [4.69, 9.17) is 0 Å². The molecule has 1 aliphatic heterocycles. The highest BCUT2D eigenvalue weighted by Gasteiger charge is 2.15. The summed E-state index contributed by atoms with van der Waals surface area (Å²) in [6.45, 7) is 6.63. The van der Waals surface area contributed by atoms with Crippen LogP contribution in [-0.2, 0) is 13.0 Å². The van der Waals surface area contributed by atoms with E-state index >= 15 is 0 Å². The Labute approximate surface area is 92.3 Å². The van der Waals surface area contributed by atoms with Crippen molar-refractivity contribution in [3.8, 4) is 0 Å². The summed E-state index contributed by atoms with van der Waals surface area (Å²) >= 11 is 0. The molecule has 15 heavy (non-hydrogen) atoms. The van der Waals surface area contributed by atoms with Crippen LogP contribution in [-0.4, -0.2) is 24.5 Å². The van der Waals surface area contributed by atoms with Crippen molar-refractivity contribution >= 4 is 5.69 Å². The number of rotatable bonds is 2. The van der Waals surface area contributed by atoms with Crippen LogP contribution >= 0.6 is 0 Å². The number of hydrogen-bond donors (Lipinski definition) is 1. The number of fused-ring (bicyclic) bond motifs is 1. The van der Waals surface area contributed by atoms with Crippen LogP contribution in [0.4, 0.5) is 5.69 Å². The second kappa shape index (κ2) is 4.23. The van der Waals surface area contributed by atoms with E-state index in [2.05, 4.69) is 49.3 Å². The van der Waals surface area contributed by atoms with Gasteiger partial charge < -0.3 is 10.2 Å². The lowest BCUT2D eigenvalue weighted by Gasteiger charge is -2.27. The van der Waals surface area contributed by atoms with Gasteiger partial charge in [-0.2, -0.15) is 0 Å². The molecular weight excluding hydrogens is 184 g/mol. The topological polar surface area (TPSA) is 15.3 Å². The van der Waals surface area contributed by atoms with Gasteiger partial charge in [0.05, 0.1) is 0 Å². The van der Waals surface area contributed by atoms with Crippen LogP contribution in [0.1, 0.15) is 25.0 Å². The predicted molar refractivity (Wildman–Crippen MR) is 65.2 cm³/mol. The summed E-state index contributed by atoms with van der Waals surface area (Å²) in [6, 6.07) is 7.11. The maximum Gasteiger partial charge on any atom is 0.0378 e. The molecule has 0 fully saturated rings. The van der Waals surface area contributed by atoms with Crippen LogP contribution in [0.5, 0.6) is 0 Å². The van der Waals surface area contributed by atoms with Crippen molar-refractivity contribution in [2.75, 3.05) is 18.9 Å². The molecule has 0 radical (unpaired) electrons. The molecule has 2 heteroatoms. The molecule has 1 heterocycles. The summed E-state index contributed by atoms with van der Waals surface area (Å²) in [6.07, 6.45) is 1.17. The minimum atomic E-state index is 0.510. The minimum Gasteiger partial charge on any atom is -0.383 e. The fourth-order valence-electron chi connectivity index (χ4n) is 2.20. The molecule has 0 aliphatic carbocycles. The van der Waals surface area contributed by atoms with Gasteiger partial charge in [-0.25, -0.2) is 0 Å². The first-order valence-corrected chi connectivity index (χ1v) is 5.72. The number of nitrogens with one attached hydrogen (secondary N) is 1. The molecule has 0 atom stereocenters. The third kappa shape index (κ3) is 2.32. The molecule has 1 aliphatic rings. The van der Waals surface area contributed by atoms with Gasteiger partial charge in [-0.15, -0.1) is 0 Å². The number of anilines is 1. The second-order valence-electron chi connectivity index (χ2n) is 4.73. The molecule has 0 spiro atoms. The van der Waals surface area contributed by atoms with E-state index in [-0.39, 0.29) is 0 Å². The molecule has 2 rings (SSSR count).